The first-order valence-electron chi connectivity index (χ1n) is 7.80. The first-order chi connectivity index (χ1) is 10.6. The highest BCUT2D eigenvalue weighted by molar-refractivity contribution is 6.42. The highest BCUT2D eigenvalue weighted by atomic mass is 35.5. The van der Waals surface area contributed by atoms with Crippen molar-refractivity contribution in [3.63, 3.8) is 0 Å². The minimum atomic E-state index is -0.00892. The van der Waals surface area contributed by atoms with Gasteiger partial charge >= 0.3 is 0 Å². The van der Waals surface area contributed by atoms with Crippen LogP contribution in [0, 0.1) is 0 Å². The van der Waals surface area contributed by atoms with E-state index < -0.39 is 0 Å². The maximum absolute atomic E-state index is 12.3. The molecule has 1 aromatic carbocycles. The molecule has 0 bridgehead atoms. The third-order valence-corrected chi connectivity index (χ3v) is 4.62. The summed E-state index contributed by atoms with van der Waals surface area (Å²) in [6.45, 7) is 5.56. The summed E-state index contributed by atoms with van der Waals surface area (Å²) < 4.78 is 0. The molecule has 1 heterocycles. The molecule has 1 fully saturated rings. The third-order valence-electron chi connectivity index (χ3n) is 3.89. The maximum atomic E-state index is 12.3. The normalized spacial score (nSPS) is 16.0. The fourth-order valence-electron chi connectivity index (χ4n) is 2.81. The topological polar surface area (TPSA) is 44.4 Å². The monoisotopic (exact) mass is 343 g/mol. The van der Waals surface area contributed by atoms with Crippen LogP contribution in [0.15, 0.2) is 18.2 Å². The van der Waals surface area contributed by atoms with E-state index in [1.165, 1.54) is 0 Å². The van der Waals surface area contributed by atoms with Crippen LogP contribution in [0.4, 0.5) is 5.69 Å². The van der Waals surface area contributed by atoms with Gasteiger partial charge in [-0.2, -0.15) is 0 Å². The number of carbonyl (C=O) groups is 1. The molecule has 6 heteroatoms. The zero-order valence-electron chi connectivity index (χ0n) is 12.9. The van der Waals surface area contributed by atoms with Gasteiger partial charge in [0.25, 0.3) is 0 Å². The minimum Gasteiger partial charge on any atom is -0.325 e. The second-order valence-corrected chi connectivity index (χ2v) is 6.44. The van der Waals surface area contributed by atoms with E-state index in [2.05, 4.69) is 22.5 Å². The molecule has 0 spiro atoms. The van der Waals surface area contributed by atoms with Crippen molar-refractivity contribution in [3.8, 4) is 0 Å². The van der Waals surface area contributed by atoms with Crippen LogP contribution in [0.1, 0.15) is 26.2 Å². The summed E-state index contributed by atoms with van der Waals surface area (Å²) in [6.07, 6.45) is 3.24. The molecule has 1 saturated heterocycles. The molecular formula is C16H23Cl2N3O. The second-order valence-electron chi connectivity index (χ2n) is 5.63. The van der Waals surface area contributed by atoms with Crippen molar-refractivity contribution in [3.05, 3.63) is 28.2 Å². The zero-order valence-corrected chi connectivity index (χ0v) is 14.4. The number of anilines is 1. The Morgan fingerprint density at radius 2 is 2.05 bits per heavy atom. The summed E-state index contributed by atoms with van der Waals surface area (Å²) in [7, 11) is 0. The Morgan fingerprint density at radius 3 is 2.68 bits per heavy atom. The molecule has 122 valence electrons. The molecule has 0 aromatic heterocycles. The van der Waals surface area contributed by atoms with E-state index in [-0.39, 0.29) is 5.91 Å². The van der Waals surface area contributed by atoms with Gasteiger partial charge in [0.05, 0.1) is 16.6 Å². The van der Waals surface area contributed by atoms with Crippen LogP contribution in [-0.4, -0.2) is 43.0 Å². The van der Waals surface area contributed by atoms with Gasteiger partial charge in [0, 0.05) is 11.7 Å². The molecule has 0 radical (unpaired) electrons. The van der Waals surface area contributed by atoms with Gasteiger partial charge in [-0.1, -0.05) is 30.1 Å². The number of hydrogen-bond donors (Lipinski definition) is 2. The Kier molecular flexibility index (Phi) is 6.96. The Balaban J connectivity index is 1.93. The molecule has 0 saturated carbocycles. The van der Waals surface area contributed by atoms with Crippen LogP contribution in [0.5, 0.6) is 0 Å². The third kappa shape index (κ3) is 5.13. The van der Waals surface area contributed by atoms with Gasteiger partial charge in [-0.3, -0.25) is 9.69 Å². The van der Waals surface area contributed by atoms with Gasteiger partial charge in [-0.25, -0.2) is 0 Å². The summed E-state index contributed by atoms with van der Waals surface area (Å²) in [6, 6.07) is 5.62. The lowest BCUT2D eigenvalue weighted by Gasteiger charge is -2.34. The Hall–Kier alpha value is -0.810. The smallest absolute Gasteiger partial charge is 0.238 e. The SMILES string of the molecule is CCCN(CC(=O)Nc1ccc(Cl)c(Cl)c1)C1CCNCC1. The fourth-order valence-corrected chi connectivity index (χ4v) is 3.11. The molecule has 0 aliphatic carbocycles. The average molecular weight is 344 g/mol. The van der Waals surface area contributed by atoms with E-state index in [0.717, 1.165) is 38.9 Å². The molecule has 0 atom stereocenters. The van der Waals surface area contributed by atoms with Crippen molar-refractivity contribution in [1.29, 1.82) is 0 Å². The molecule has 1 aliphatic heterocycles. The van der Waals surface area contributed by atoms with E-state index in [0.29, 0.717) is 28.3 Å². The number of amides is 1. The number of nitrogens with zero attached hydrogens (tertiary/aromatic N) is 1. The van der Waals surface area contributed by atoms with Crippen LogP contribution in [-0.2, 0) is 4.79 Å². The largest absolute Gasteiger partial charge is 0.325 e. The van der Waals surface area contributed by atoms with Crippen molar-refractivity contribution in [2.45, 2.75) is 32.2 Å². The van der Waals surface area contributed by atoms with Gasteiger partial charge in [0.2, 0.25) is 5.91 Å². The molecule has 1 aromatic rings. The number of nitrogens with one attached hydrogen (secondary N) is 2. The fraction of sp³-hybridized carbons (Fsp3) is 0.562. The Labute approximate surface area is 142 Å². The van der Waals surface area contributed by atoms with Crippen molar-refractivity contribution in [2.75, 3.05) is 31.5 Å². The predicted octanol–water partition coefficient (Wildman–Crippen LogP) is 3.40. The van der Waals surface area contributed by atoms with E-state index in [1.807, 2.05) is 0 Å². The standard InChI is InChI=1S/C16H23Cl2N3O/c1-2-9-21(13-5-7-19-8-6-13)11-16(22)20-12-3-4-14(17)15(18)10-12/h3-4,10,13,19H,2,5-9,11H2,1H3,(H,20,22). The van der Waals surface area contributed by atoms with E-state index in [9.17, 15) is 4.79 Å². The summed E-state index contributed by atoms with van der Waals surface area (Å²) in [5, 5.41) is 7.20. The number of carbonyl (C=O) groups excluding carboxylic acids is 1. The summed E-state index contributed by atoms with van der Waals surface area (Å²) in [4.78, 5) is 14.6. The second kappa shape index (κ2) is 8.73. The average Bonchev–Trinajstić information content (AvgIpc) is 2.51. The Bertz CT molecular complexity index is 504. The lowest BCUT2D eigenvalue weighted by atomic mass is 10.0. The number of benzene rings is 1. The lowest BCUT2D eigenvalue weighted by molar-refractivity contribution is -0.118. The zero-order chi connectivity index (χ0) is 15.9. The van der Waals surface area contributed by atoms with Crippen molar-refractivity contribution in [1.82, 2.24) is 10.2 Å². The van der Waals surface area contributed by atoms with Crippen molar-refractivity contribution >= 4 is 34.8 Å². The minimum absolute atomic E-state index is 0.00892. The van der Waals surface area contributed by atoms with Crippen molar-refractivity contribution < 1.29 is 4.79 Å². The van der Waals surface area contributed by atoms with E-state index in [4.69, 9.17) is 23.2 Å². The molecule has 0 unspecified atom stereocenters. The number of hydrogen-bond acceptors (Lipinski definition) is 3. The van der Waals surface area contributed by atoms with Crippen molar-refractivity contribution in [2.24, 2.45) is 0 Å². The first kappa shape index (κ1) is 17.5. The molecule has 1 aliphatic rings. The van der Waals surface area contributed by atoms with Gasteiger partial charge in [-0.05, 0) is 57.1 Å². The van der Waals surface area contributed by atoms with E-state index >= 15 is 0 Å². The molecular weight excluding hydrogens is 321 g/mol. The highest BCUT2D eigenvalue weighted by Gasteiger charge is 2.22. The number of piperidine rings is 1. The van der Waals surface area contributed by atoms with Gasteiger partial charge < -0.3 is 10.6 Å². The maximum Gasteiger partial charge on any atom is 0.238 e. The summed E-state index contributed by atoms with van der Waals surface area (Å²) in [5.41, 5.74) is 0.682. The van der Waals surface area contributed by atoms with Crippen LogP contribution in [0.25, 0.3) is 0 Å². The summed E-state index contributed by atoms with van der Waals surface area (Å²) >= 11 is 11.9. The first-order valence-corrected chi connectivity index (χ1v) is 8.55. The van der Waals surface area contributed by atoms with E-state index in [1.54, 1.807) is 18.2 Å². The van der Waals surface area contributed by atoms with Gasteiger partial charge in [0.1, 0.15) is 0 Å². The predicted molar refractivity (Wildman–Crippen MR) is 92.8 cm³/mol. The number of halogens is 2. The molecule has 22 heavy (non-hydrogen) atoms. The molecule has 2 N–H and O–H groups in total. The van der Waals surface area contributed by atoms with Crippen LogP contribution in [0.3, 0.4) is 0 Å². The van der Waals surface area contributed by atoms with Crippen LogP contribution in [0.2, 0.25) is 10.0 Å². The molecule has 4 nitrogen and oxygen atoms in total. The van der Waals surface area contributed by atoms with Crippen LogP contribution < -0.4 is 10.6 Å². The quantitative estimate of drug-likeness (QED) is 0.831. The Morgan fingerprint density at radius 1 is 1.32 bits per heavy atom. The van der Waals surface area contributed by atoms with Gasteiger partial charge in [0.15, 0.2) is 0 Å². The summed E-state index contributed by atoms with van der Waals surface area (Å²) in [5.74, 6) is -0.00892. The highest BCUT2D eigenvalue weighted by Crippen LogP contribution is 2.25. The number of rotatable bonds is 6. The molecule has 1 amide bonds. The molecule has 2 rings (SSSR count). The van der Waals surface area contributed by atoms with Crippen LogP contribution >= 0.6 is 23.2 Å². The van der Waals surface area contributed by atoms with Gasteiger partial charge in [-0.15, -0.1) is 0 Å². The lowest BCUT2D eigenvalue weighted by Crippen LogP contribution is -2.46.